The van der Waals surface area contributed by atoms with Gasteiger partial charge in [-0.2, -0.15) is 0 Å². The summed E-state index contributed by atoms with van der Waals surface area (Å²) in [6.07, 6.45) is 11.4. The van der Waals surface area contributed by atoms with Gasteiger partial charge in [-0.05, 0) is 45.6 Å². The molecule has 1 saturated carbocycles. The molecule has 0 aromatic heterocycles. The molecule has 0 radical (unpaired) electrons. The predicted octanol–water partition coefficient (Wildman–Crippen LogP) is 1.89. The van der Waals surface area contributed by atoms with E-state index in [2.05, 4.69) is 17.3 Å². The van der Waals surface area contributed by atoms with Crippen molar-refractivity contribution in [1.29, 1.82) is 0 Å². The van der Waals surface area contributed by atoms with E-state index < -0.39 is 0 Å². The molecule has 18 heavy (non-hydrogen) atoms. The van der Waals surface area contributed by atoms with Crippen LogP contribution >= 0.6 is 0 Å². The Bertz CT molecular complexity index is 270. The second-order valence-electron chi connectivity index (χ2n) is 6.56. The van der Waals surface area contributed by atoms with Crippen LogP contribution in [0.4, 0.5) is 0 Å². The summed E-state index contributed by atoms with van der Waals surface area (Å²) < 4.78 is 0. The molecule has 1 aliphatic carbocycles. The number of hydrogen-bond acceptors (Lipinski definition) is 3. The van der Waals surface area contributed by atoms with Crippen LogP contribution in [0.3, 0.4) is 0 Å². The van der Waals surface area contributed by atoms with Crippen molar-refractivity contribution in [2.24, 2.45) is 0 Å². The Hall–Kier alpha value is -0.120. The minimum absolute atomic E-state index is 0.0621. The second-order valence-corrected chi connectivity index (χ2v) is 6.56. The highest BCUT2D eigenvalue weighted by atomic mass is 16.3. The minimum Gasteiger partial charge on any atom is -0.391 e. The van der Waals surface area contributed by atoms with E-state index in [-0.39, 0.29) is 6.10 Å². The third-order valence-electron chi connectivity index (χ3n) is 5.52. The molecule has 104 valence electrons. The molecule has 2 heterocycles. The zero-order valence-corrected chi connectivity index (χ0v) is 11.6. The molecule has 0 aromatic carbocycles. The molecule has 2 aliphatic heterocycles. The number of fused-ring (bicyclic) bond motifs is 2. The first kappa shape index (κ1) is 12.9. The van der Waals surface area contributed by atoms with Gasteiger partial charge in [0.25, 0.3) is 0 Å². The van der Waals surface area contributed by atoms with Crippen LogP contribution < -0.4 is 5.32 Å². The molecule has 3 nitrogen and oxygen atoms in total. The SMILES string of the molecule is CNC1CC2CCCC(C1)N2C1CCCCC1O. The highest BCUT2D eigenvalue weighted by molar-refractivity contribution is 4.99. The van der Waals surface area contributed by atoms with Gasteiger partial charge in [-0.3, -0.25) is 4.90 Å². The average molecular weight is 252 g/mol. The number of hydrogen-bond donors (Lipinski definition) is 2. The first-order valence-electron chi connectivity index (χ1n) is 7.92. The molecule has 2 saturated heterocycles. The smallest absolute Gasteiger partial charge is 0.0695 e. The molecular formula is C15H28N2O. The van der Waals surface area contributed by atoms with E-state index >= 15 is 0 Å². The Kier molecular flexibility index (Phi) is 3.92. The molecule has 3 aliphatic rings. The van der Waals surface area contributed by atoms with E-state index in [9.17, 15) is 5.11 Å². The number of aliphatic hydroxyl groups is 1. The van der Waals surface area contributed by atoms with Gasteiger partial charge in [-0.25, -0.2) is 0 Å². The van der Waals surface area contributed by atoms with Gasteiger partial charge in [0.1, 0.15) is 0 Å². The lowest BCUT2D eigenvalue weighted by atomic mass is 9.78. The molecule has 2 N–H and O–H groups in total. The molecular weight excluding hydrogens is 224 g/mol. The number of rotatable bonds is 2. The van der Waals surface area contributed by atoms with Crippen molar-refractivity contribution in [2.75, 3.05) is 7.05 Å². The summed E-state index contributed by atoms with van der Waals surface area (Å²) in [5.41, 5.74) is 0. The molecule has 0 aromatic rings. The van der Waals surface area contributed by atoms with Gasteiger partial charge >= 0.3 is 0 Å². The first-order chi connectivity index (χ1) is 8.79. The molecule has 0 amide bonds. The van der Waals surface area contributed by atoms with Gasteiger partial charge in [0.05, 0.1) is 6.10 Å². The zero-order chi connectivity index (χ0) is 12.5. The van der Waals surface area contributed by atoms with E-state index in [4.69, 9.17) is 0 Å². The van der Waals surface area contributed by atoms with E-state index in [1.54, 1.807) is 0 Å². The van der Waals surface area contributed by atoms with E-state index in [0.29, 0.717) is 12.1 Å². The van der Waals surface area contributed by atoms with Crippen LogP contribution in [0.2, 0.25) is 0 Å². The van der Waals surface area contributed by atoms with E-state index in [1.165, 1.54) is 51.4 Å². The van der Waals surface area contributed by atoms with Crippen LogP contribution in [0.1, 0.15) is 57.8 Å². The average Bonchev–Trinajstić information content (AvgIpc) is 2.38. The van der Waals surface area contributed by atoms with E-state index in [0.717, 1.165) is 18.5 Å². The van der Waals surface area contributed by atoms with Crippen LogP contribution in [-0.2, 0) is 0 Å². The lowest BCUT2D eigenvalue weighted by molar-refractivity contribution is -0.0689. The van der Waals surface area contributed by atoms with Crippen LogP contribution in [0.25, 0.3) is 0 Å². The quantitative estimate of drug-likeness (QED) is 0.788. The maximum atomic E-state index is 10.3. The molecule has 3 heteroatoms. The Morgan fingerprint density at radius 2 is 1.61 bits per heavy atom. The fourth-order valence-electron chi connectivity index (χ4n) is 4.63. The number of aliphatic hydroxyl groups excluding tert-OH is 1. The number of nitrogens with zero attached hydrogens (tertiary/aromatic N) is 1. The highest BCUT2D eigenvalue weighted by Crippen LogP contribution is 2.38. The van der Waals surface area contributed by atoms with Crippen LogP contribution in [0, 0.1) is 0 Å². The topological polar surface area (TPSA) is 35.5 Å². The van der Waals surface area contributed by atoms with Crippen LogP contribution in [0.5, 0.6) is 0 Å². The van der Waals surface area contributed by atoms with Crippen molar-refractivity contribution >= 4 is 0 Å². The first-order valence-corrected chi connectivity index (χ1v) is 7.92. The lowest BCUT2D eigenvalue weighted by Gasteiger charge is -2.54. The van der Waals surface area contributed by atoms with Crippen LogP contribution in [-0.4, -0.2) is 47.3 Å². The van der Waals surface area contributed by atoms with Crippen molar-refractivity contribution < 1.29 is 5.11 Å². The third-order valence-corrected chi connectivity index (χ3v) is 5.52. The molecule has 3 rings (SSSR count). The molecule has 4 atom stereocenters. The Labute approximate surface area is 111 Å². The summed E-state index contributed by atoms with van der Waals surface area (Å²) in [6.45, 7) is 0. The number of piperidine rings is 2. The summed E-state index contributed by atoms with van der Waals surface area (Å²) >= 11 is 0. The second kappa shape index (κ2) is 5.48. The maximum absolute atomic E-state index is 10.3. The summed E-state index contributed by atoms with van der Waals surface area (Å²) in [4.78, 5) is 2.74. The molecule has 3 fully saturated rings. The molecule has 4 unspecified atom stereocenters. The lowest BCUT2D eigenvalue weighted by Crippen LogP contribution is -2.62. The van der Waals surface area contributed by atoms with Gasteiger partial charge in [0, 0.05) is 24.2 Å². The van der Waals surface area contributed by atoms with Crippen molar-refractivity contribution in [3.8, 4) is 0 Å². The summed E-state index contributed by atoms with van der Waals surface area (Å²) in [7, 11) is 2.10. The number of nitrogens with one attached hydrogen (secondary N) is 1. The largest absolute Gasteiger partial charge is 0.391 e. The normalized spacial score (nSPS) is 46.0. The summed E-state index contributed by atoms with van der Waals surface area (Å²) in [5.74, 6) is 0. The van der Waals surface area contributed by atoms with Gasteiger partial charge in [-0.15, -0.1) is 0 Å². The summed E-state index contributed by atoms with van der Waals surface area (Å²) in [6, 6.07) is 2.63. The highest BCUT2D eigenvalue weighted by Gasteiger charge is 2.43. The Balaban J connectivity index is 1.74. The van der Waals surface area contributed by atoms with Crippen molar-refractivity contribution in [3.05, 3.63) is 0 Å². The fraction of sp³-hybridized carbons (Fsp3) is 1.00. The minimum atomic E-state index is -0.0621. The van der Waals surface area contributed by atoms with Crippen molar-refractivity contribution in [2.45, 2.75) is 88.1 Å². The van der Waals surface area contributed by atoms with Crippen molar-refractivity contribution in [1.82, 2.24) is 10.2 Å². The molecule has 2 bridgehead atoms. The van der Waals surface area contributed by atoms with Gasteiger partial charge < -0.3 is 10.4 Å². The van der Waals surface area contributed by atoms with Gasteiger partial charge in [0.15, 0.2) is 0 Å². The Morgan fingerprint density at radius 1 is 0.944 bits per heavy atom. The Morgan fingerprint density at radius 3 is 2.22 bits per heavy atom. The van der Waals surface area contributed by atoms with Gasteiger partial charge in [-0.1, -0.05) is 19.3 Å². The standard InChI is InChI=1S/C15H28N2O/c1-16-11-9-12-5-4-6-13(10-11)17(12)14-7-2-3-8-15(14)18/h11-16,18H,2-10H2,1H3. The molecule has 0 spiro atoms. The summed E-state index contributed by atoms with van der Waals surface area (Å²) in [5, 5.41) is 13.8. The van der Waals surface area contributed by atoms with Crippen LogP contribution in [0.15, 0.2) is 0 Å². The fourth-order valence-corrected chi connectivity index (χ4v) is 4.63. The van der Waals surface area contributed by atoms with Crippen molar-refractivity contribution in [3.63, 3.8) is 0 Å². The monoisotopic (exact) mass is 252 g/mol. The van der Waals surface area contributed by atoms with E-state index in [1.807, 2.05) is 0 Å². The third kappa shape index (κ3) is 2.33. The maximum Gasteiger partial charge on any atom is 0.0695 e. The predicted molar refractivity (Wildman–Crippen MR) is 73.6 cm³/mol. The zero-order valence-electron chi connectivity index (χ0n) is 11.6. The van der Waals surface area contributed by atoms with Gasteiger partial charge in [0.2, 0.25) is 0 Å².